The molecule has 0 bridgehead atoms. The largest absolute Gasteiger partial charge is 0.312 e. The van der Waals surface area contributed by atoms with E-state index in [0.717, 1.165) is 0 Å². The minimum Gasteiger partial charge on any atom is -0.312 e. The van der Waals surface area contributed by atoms with E-state index in [1.807, 2.05) is 0 Å². The summed E-state index contributed by atoms with van der Waals surface area (Å²) in [6.07, 6.45) is 1.33. The van der Waals surface area contributed by atoms with Gasteiger partial charge in [0, 0.05) is 7.05 Å². The van der Waals surface area contributed by atoms with Crippen molar-refractivity contribution in [2.45, 2.75) is 0 Å². The summed E-state index contributed by atoms with van der Waals surface area (Å²) in [5.74, 6) is 2.29. The Balaban J connectivity index is 3.27. The molecule has 38 valence electrons. The van der Waals surface area contributed by atoms with Gasteiger partial charge in [0.05, 0.1) is 0 Å². The molecule has 0 heterocycles. The van der Waals surface area contributed by atoms with Crippen LogP contribution in [-0.2, 0) is 0 Å². The first kappa shape index (κ1) is 5.92. The summed E-state index contributed by atoms with van der Waals surface area (Å²) < 4.78 is 0. The Morgan fingerprint density at radius 3 is 3.00 bits per heavy atom. The first-order valence-corrected chi connectivity index (χ1v) is 1.82. The Kier molecular flexibility index (Phi) is 4.16. The second-order valence-corrected chi connectivity index (χ2v) is 0.755. The molecule has 0 spiro atoms. The fraction of sp³-hybridized carbons (Fsp3) is 0.250. The zero-order chi connectivity index (χ0) is 5.54. The summed E-state index contributed by atoms with van der Waals surface area (Å²) in [6.45, 7) is 3.22. The van der Waals surface area contributed by atoms with Gasteiger partial charge in [0.2, 0.25) is 0 Å². The van der Waals surface area contributed by atoms with Gasteiger partial charge in [-0.25, -0.2) is 0 Å². The third-order valence-electron chi connectivity index (χ3n) is 0.336. The van der Waals surface area contributed by atoms with Crippen molar-refractivity contribution in [3.8, 4) is 0 Å². The van der Waals surface area contributed by atoms with E-state index in [1.54, 1.807) is 7.05 Å². The van der Waals surface area contributed by atoms with Crippen LogP contribution in [0.2, 0.25) is 0 Å². The molecule has 0 aliphatic rings. The molecule has 0 fully saturated rings. The molecule has 0 saturated carbocycles. The second-order valence-electron chi connectivity index (χ2n) is 0.755. The molecule has 3 heteroatoms. The quantitative estimate of drug-likeness (QED) is 0.294. The van der Waals surface area contributed by atoms with E-state index in [0.29, 0.717) is 0 Å². The second kappa shape index (κ2) is 4.92. The van der Waals surface area contributed by atoms with Gasteiger partial charge in [0.1, 0.15) is 6.34 Å². The first-order valence-electron chi connectivity index (χ1n) is 1.82. The van der Waals surface area contributed by atoms with Gasteiger partial charge in [0.25, 0.3) is 0 Å². The molecular weight excluding hydrogens is 90.1 g/mol. The third-order valence-corrected chi connectivity index (χ3v) is 0.336. The van der Waals surface area contributed by atoms with Gasteiger partial charge in [-0.15, -0.1) is 0 Å². The van der Waals surface area contributed by atoms with Crippen molar-refractivity contribution in [1.82, 2.24) is 5.43 Å². The van der Waals surface area contributed by atoms with Crippen LogP contribution in [0.15, 0.2) is 16.7 Å². The molecule has 1 N–H and O–H groups in total. The standard InChI is InChI=1S/C4H7N3/c1-3-6-4-7-5-2/h4-5H,1H2,2H3/b7-4-. The average molecular weight is 97.1 g/mol. The summed E-state index contributed by atoms with van der Waals surface area (Å²) in [6, 6.07) is 0. The lowest BCUT2D eigenvalue weighted by molar-refractivity contribution is 0.905. The Morgan fingerprint density at radius 1 is 1.86 bits per heavy atom. The van der Waals surface area contributed by atoms with Crippen LogP contribution in [0.1, 0.15) is 0 Å². The molecule has 0 aliphatic heterocycles. The third kappa shape index (κ3) is 4.92. The van der Waals surface area contributed by atoms with Crippen molar-refractivity contribution in [3.05, 3.63) is 6.58 Å². The number of aliphatic imine (C=N–C) groups is 1. The van der Waals surface area contributed by atoms with Crippen molar-refractivity contribution in [3.63, 3.8) is 0 Å². The molecule has 0 aromatic heterocycles. The Labute approximate surface area is 42.5 Å². The van der Waals surface area contributed by atoms with Crippen LogP contribution in [-0.4, -0.2) is 19.3 Å². The Morgan fingerprint density at radius 2 is 2.57 bits per heavy atom. The van der Waals surface area contributed by atoms with Gasteiger partial charge in [0.15, 0.2) is 0 Å². The lowest BCUT2D eigenvalue weighted by Gasteiger charge is -1.76. The van der Waals surface area contributed by atoms with E-state index in [-0.39, 0.29) is 0 Å². The molecule has 0 rings (SSSR count). The normalized spacial score (nSPS) is 8.14. The predicted octanol–water partition coefficient (Wildman–Crippen LogP) is 0.00480. The van der Waals surface area contributed by atoms with E-state index >= 15 is 0 Å². The molecule has 0 atom stereocenters. The highest BCUT2D eigenvalue weighted by Crippen LogP contribution is 1.50. The molecule has 0 aromatic carbocycles. The van der Waals surface area contributed by atoms with E-state index in [9.17, 15) is 0 Å². The maximum Gasteiger partial charge on any atom is 0.145 e. The SMILES string of the molecule is C=C=N/C=N\NC. The Bertz CT molecular complexity index is 99.5. The maximum absolute atomic E-state index is 3.52. The molecule has 3 nitrogen and oxygen atoms in total. The number of hydrogen-bond acceptors (Lipinski definition) is 2. The molecule has 0 saturated heterocycles. The number of hydrogen-bond donors (Lipinski definition) is 1. The highest BCUT2D eigenvalue weighted by molar-refractivity contribution is 5.67. The monoisotopic (exact) mass is 97.1 g/mol. The van der Waals surface area contributed by atoms with E-state index in [1.165, 1.54) is 6.34 Å². The van der Waals surface area contributed by atoms with E-state index in [2.05, 4.69) is 28.0 Å². The topological polar surface area (TPSA) is 36.8 Å². The minimum absolute atomic E-state index is 1.33. The van der Waals surface area contributed by atoms with Crippen molar-refractivity contribution in [2.75, 3.05) is 7.05 Å². The first-order chi connectivity index (χ1) is 3.41. The highest BCUT2D eigenvalue weighted by atomic mass is 15.3. The van der Waals surface area contributed by atoms with Crippen LogP contribution in [0.25, 0.3) is 0 Å². The summed E-state index contributed by atoms with van der Waals surface area (Å²) in [5, 5.41) is 3.52. The summed E-state index contributed by atoms with van der Waals surface area (Å²) >= 11 is 0. The summed E-state index contributed by atoms with van der Waals surface area (Å²) in [5.41, 5.74) is 2.51. The van der Waals surface area contributed by atoms with Gasteiger partial charge in [-0.2, -0.15) is 10.1 Å². The molecule has 0 aliphatic carbocycles. The zero-order valence-corrected chi connectivity index (χ0v) is 4.18. The van der Waals surface area contributed by atoms with Gasteiger partial charge in [-0.05, 0) is 12.4 Å². The number of nitrogens with one attached hydrogen (secondary N) is 1. The predicted molar refractivity (Wildman–Crippen MR) is 30.6 cm³/mol. The van der Waals surface area contributed by atoms with Crippen molar-refractivity contribution in [1.29, 1.82) is 0 Å². The zero-order valence-electron chi connectivity index (χ0n) is 4.18. The minimum atomic E-state index is 1.33. The molecular formula is C4H7N3. The van der Waals surface area contributed by atoms with E-state index < -0.39 is 0 Å². The van der Waals surface area contributed by atoms with Crippen LogP contribution in [0, 0.1) is 0 Å². The van der Waals surface area contributed by atoms with Crippen molar-refractivity contribution in [2.24, 2.45) is 10.1 Å². The van der Waals surface area contributed by atoms with Gasteiger partial charge in [-0.1, -0.05) is 0 Å². The fourth-order valence-corrected chi connectivity index (χ4v) is 0.127. The molecule has 0 amide bonds. The summed E-state index contributed by atoms with van der Waals surface area (Å²) in [4.78, 5) is 3.45. The maximum atomic E-state index is 3.52. The van der Waals surface area contributed by atoms with Crippen LogP contribution >= 0.6 is 0 Å². The number of hydrazone groups is 1. The average Bonchev–Trinajstić information content (AvgIpc) is 1.69. The van der Waals surface area contributed by atoms with Gasteiger partial charge < -0.3 is 5.43 Å². The molecule has 0 aromatic rings. The molecule has 7 heavy (non-hydrogen) atoms. The van der Waals surface area contributed by atoms with Gasteiger partial charge >= 0.3 is 0 Å². The number of rotatable bonds is 2. The van der Waals surface area contributed by atoms with E-state index in [4.69, 9.17) is 0 Å². The van der Waals surface area contributed by atoms with Crippen LogP contribution < -0.4 is 5.43 Å². The highest BCUT2D eigenvalue weighted by Gasteiger charge is 1.52. The summed E-state index contributed by atoms with van der Waals surface area (Å²) in [7, 11) is 1.69. The van der Waals surface area contributed by atoms with Crippen molar-refractivity contribution < 1.29 is 0 Å². The van der Waals surface area contributed by atoms with Crippen LogP contribution in [0.4, 0.5) is 0 Å². The number of nitrogens with zero attached hydrogens (tertiary/aromatic N) is 2. The molecule has 0 unspecified atom stereocenters. The molecule has 0 radical (unpaired) electrons. The lowest BCUT2D eigenvalue weighted by Crippen LogP contribution is -1.91. The fourth-order valence-electron chi connectivity index (χ4n) is 0.127. The van der Waals surface area contributed by atoms with Gasteiger partial charge in [-0.3, -0.25) is 0 Å². The van der Waals surface area contributed by atoms with Crippen LogP contribution in [0.3, 0.4) is 0 Å². The smallest absolute Gasteiger partial charge is 0.145 e. The van der Waals surface area contributed by atoms with Crippen molar-refractivity contribution >= 4 is 12.2 Å². The Hall–Kier alpha value is -1.08. The lowest BCUT2D eigenvalue weighted by atomic mass is 11.1. The van der Waals surface area contributed by atoms with Crippen LogP contribution in [0.5, 0.6) is 0 Å².